The number of ether oxygens (including phenoxy) is 1. The van der Waals surface area contributed by atoms with Crippen LogP contribution in [-0.4, -0.2) is 59.0 Å². The van der Waals surface area contributed by atoms with E-state index < -0.39 is 5.97 Å². The van der Waals surface area contributed by atoms with Gasteiger partial charge in [-0.15, -0.1) is 0 Å². The molecule has 1 fully saturated rings. The molecule has 0 atom stereocenters. The minimum absolute atomic E-state index is 0.272. The highest BCUT2D eigenvalue weighted by atomic mass is 16.5. The number of hydrogen-bond acceptors (Lipinski definition) is 4. The summed E-state index contributed by atoms with van der Waals surface area (Å²) in [5, 5.41) is 15.4. The van der Waals surface area contributed by atoms with Crippen LogP contribution in [0.4, 0.5) is 0 Å². The van der Waals surface area contributed by atoms with E-state index in [0.717, 1.165) is 32.8 Å². The second-order valence-electron chi connectivity index (χ2n) is 3.77. The first-order chi connectivity index (χ1) is 7.77. The monoisotopic (exact) mass is 225 g/mol. The summed E-state index contributed by atoms with van der Waals surface area (Å²) in [6, 6.07) is 0. The third kappa shape index (κ3) is 2.59. The number of aromatic carboxylic acids is 1. The highest BCUT2D eigenvalue weighted by Crippen LogP contribution is 2.07. The average molecular weight is 225 g/mol. The van der Waals surface area contributed by atoms with Crippen LogP contribution in [0.25, 0.3) is 0 Å². The molecule has 0 saturated carbocycles. The van der Waals surface area contributed by atoms with Gasteiger partial charge in [-0.2, -0.15) is 5.10 Å². The smallest absolute Gasteiger partial charge is 0.339 e. The van der Waals surface area contributed by atoms with Gasteiger partial charge >= 0.3 is 5.97 Å². The molecule has 16 heavy (non-hydrogen) atoms. The first-order valence-corrected chi connectivity index (χ1v) is 5.33. The van der Waals surface area contributed by atoms with Gasteiger partial charge in [0.05, 0.1) is 25.1 Å². The maximum atomic E-state index is 10.8. The Morgan fingerprint density at radius 3 is 3.00 bits per heavy atom. The summed E-state index contributed by atoms with van der Waals surface area (Å²) in [6.45, 7) is 4.18. The lowest BCUT2D eigenvalue weighted by atomic mass is 10.2. The van der Waals surface area contributed by atoms with E-state index in [1.54, 1.807) is 0 Å². The van der Waals surface area contributed by atoms with Crippen LogP contribution in [0.15, 0.2) is 6.20 Å². The Morgan fingerprint density at radius 1 is 1.56 bits per heavy atom. The van der Waals surface area contributed by atoms with E-state index >= 15 is 0 Å². The number of aromatic amines is 1. The molecule has 0 amide bonds. The zero-order valence-electron chi connectivity index (χ0n) is 8.98. The van der Waals surface area contributed by atoms with Gasteiger partial charge in [0, 0.05) is 26.1 Å². The summed E-state index contributed by atoms with van der Waals surface area (Å²) in [5.41, 5.74) is 0.965. The predicted molar refractivity (Wildman–Crippen MR) is 56.5 cm³/mol. The van der Waals surface area contributed by atoms with Crippen LogP contribution in [0.5, 0.6) is 0 Å². The van der Waals surface area contributed by atoms with Crippen molar-refractivity contribution in [3.05, 3.63) is 17.5 Å². The van der Waals surface area contributed by atoms with Crippen molar-refractivity contribution < 1.29 is 14.6 Å². The van der Waals surface area contributed by atoms with Crippen molar-refractivity contribution >= 4 is 5.97 Å². The van der Waals surface area contributed by atoms with Gasteiger partial charge in [0.1, 0.15) is 5.56 Å². The first-order valence-electron chi connectivity index (χ1n) is 5.33. The fraction of sp³-hybridized carbons (Fsp3) is 0.600. The zero-order chi connectivity index (χ0) is 11.4. The van der Waals surface area contributed by atoms with Crippen LogP contribution >= 0.6 is 0 Å². The van der Waals surface area contributed by atoms with E-state index in [2.05, 4.69) is 15.1 Å². The number of H-pyrrole nitrogens is 1. The van der Waals surface area contributed by atoms with E-state index in [9.17, 15) is 4.79 Å². The lowest BCUT2D eigenvalue weighted by Crippen LogP contribution is -2.37. The Morgan fingerprint density at radius 2 is 2.31 bits per heavy atom. The van der Waals surface area contributed by atoms with Crippen molar-refractivity contribution in [2.24, 2.45) is 0 Å². The third-order valence-electron chi connectivity index (χ3n) is 2.73. The Balaban J connectivity index is 1.88. The van der Waals surface area contributed by atoms with Crippen molar-refractivity contribution in [3.8, 4) is 0 Å². The fourth-order valence-electron chi connectivity index (χ4n) is 1.78. The highest BCUT2D eigenvalue weighted by molar-refractivity contribution is 5.88. The zero-order valence-corrected chi connectivity index (χ0v) is 8.98. The van der Waals surface area contributed by atoms with Crippen LogP contribution in [0.3, 0.4) is 0 Å². The van der Waals surface area contributed by atoms with Gasteiger partial charge in [-0.3, -0.25) is 10.00 Å². The molecule has 0 aromatic carbocycles. The molecule has 0 bridgehead atoms. The molecule has 2 rings (SSSR count). The van der Waals surface area contributed by atoms with Crippen LogP contribution < -0.4 is 0 Å². The Labute approximate surface area is 93.2 Å². The molecule has 0 radical (unpaired) electrons. The van der Waals surface area contributed by atoms with E-state index in [0.29, 0.717) is 12.1 Å². The van der Waals surface area contributed by atoms with Crippen LogP contribution in [0.1, 0.15) is 16.1 Å². The van der Waals surface area contributed by atoms with E-state index in [1.807, 2.05) is 0 Å². The maximum Gasteiger partial charge on any atom is 0.339 e. The average Bonchev–Trinajstić information content (AvgIpc) is 2.76. The number of hydrogen-bond donors (Lipinski definition) is 2. The summed E-state index contributed by atoms with van der Waals surface area (Å²) >= 11 is 0. The van der Waals surface area contributed by atoms with Crippen LogP contribution in [0.2, 0.25) is 0 Å². The lowest BCUT2D eigenvalue weighted by molar-refractivity contribution is 0.0382. The van der Waals surface area contributed by atoms with Crippen molar-refractivity contribution in [1.29, 1.82) is 0 Å². The molecule has 88 valence electrons. The van der Waals surface area contributed by atoms with Crippen molar-refractivity contribution in [3.63, 3.8) is 0 Å². The third-order valence-corrected chi connectivity index (χ3v) is 2.73. The van der Waals surface area contributed by atoms with E-state index in [-0.39, 0.29) is 5.56 Å². The minimum atomic E-state index is -0.925. The number of carboxylic acids is 1. The molecule has 0 unspecified atom stereocenters. The van der Waals surface area contributed by atoms with E-state index in [1.165, 1.54) is 6.20 Å². The van der Waals surface area contributed by atoms with Crippen molar-refractivity contribution in [1.82, 2.24) is 15.1 Å². The molecule has 1 aromatic heterocycles. The maximum absolute atomic E-state index is 10.8. The molecule has 1 aromatic rings. The van der Waals surface area contributed by atoms with Gasteiger partial charge in [0.15, 0.2) is 0 Å². The molecule has 6 heteroatoms. The molecular weight excluding hydrogens is 210 g/mol. The van der Waals surface area contributed by atoms with Gasteiger partial charge in [-0.1, -0.05) is 0 Å². The molecule has 2 heterocycles. The minimum Gasteiger partial charge on any atom is -0.478 e. The number of aromatic nitrogens is 2. The number of rotatable bonds is 4. The SMILES string of the molecule is O=C(O)c1cn[nH]c1CCN1CCOCC1. The number of nitrogens with one attached hydrogen (secondary N) is 1. The predicted octanol–water partition coefficient (Wildman–Crippen LogP) is -0.0174. The normalized spacial score (nSPS) is 17.5. The molecule has 1 aliphatic rings. The molecule has 1 aliphatic heterocycles. The number of carboxylic acid groups (broad SMARTS) is 1. The fourth-order valence-corrected chi connectivity index (χ4v) is 1.78. The largest absolute Gasteiger partial charge is 0.478 e. The van der Waals surface area contributed by atoms with Crippen LogP contribution in [-0.2, 0) is 11.2 Å². The first kappa shape index (κ1) is 11.1. The molecule has 6 nitrogen and oxygen atoms in total. The van der Waals surface area contributed by atoms with E-state index in [4.69, 9.17) is 9.84 Å². The Bertz CT molecular complexity index is 358. The van der Waals surface area contributed by atoms with Crippen molar-refractivity contribution in [2.45, 2.75) is 6.42 Å². The molecule has 0 spiro atoms. The number of carbonyl (C=O) groups is 1. The number of morpholine rings is 1. The standard InChI is InChI=1S/C10H15N3O3/c14-10(15)8-7-11-12-9(8)1-2-13-3-5-16-6-4-13/h7H,1-6H2,(H,11,12)(H,14,15). The summed E-state index contributed by atoms with van der Waals surface area (Å²) in [5.74, 6) is -0.925. The van der Waals surface area contributed by atoms with Gasteiger partial charge < -0.3 is 9.84 Å². The Hall–Kier alpha value is -1.40. The summed E-state index contributed by atoms with van der Waals surface area (Å²) in [4.78, 5) is 13.1. The van der Waals surface area contributed by atoms with Gasteiger partial charge in [0.25, 0.3) is 0 Å². The molecule has 2 N–H and O–H groups in total. The van der Waals surface area contributed by atoms with Crippen molar-refractivity contribution in [2.75, 3.05) is 32.8 Å². The number of nitrogens with zero attached hydrogens (tertiary/aromatic N) is 2. The summed E-state index contributed by atoms with van der Waals surface area (Å²) < 4.78 is 5.24. The van der Waals surface area contributed by atoms with Gasteiger partial charge in [-0.05, 0) is 0 Å². The topological polar surface area (TPSA) is 78.4 Å². The van der Waals surface area contributed by atoms with Crippen LogP contribution in [0, 0.1) is 0 Å². The summed E-state index contributed by atoms with van der Waals surface area (Å²) in [6.07, 6.45) is 2.04. The molecule has 0 aliphatic carbocycles. The van der Waals surface area contributed by atoms with Gasteiger partial charge in [0.2, 0.25) is 0 Å². The van der Waals surface area contributed by atoms with Gasteiger partial charge in [-0.25, -0.2) is 4.79 Å². The Kier molecular flexibility index (Phi) is 3.53. The second-order valence-corrected chi connectivity index (χ2v) is 3.77. The molecular formula is C10H15N3O3. The lowest BCUT2D eigenvalue weighted by Gasteiger charge is -2.26. The highest BCUT2D eigenvalue weighted by Gasteiger charge is 2.15. The summed E-state index contributed by atoms with van der Waals surface area (Å²) in [7, 11) is 0. The second kappa shape index (κ2) is 5.09. The molecule has 1 saturated heterocycles. The quantitative estimate of drug-likeness (QED) is 0.753.